The van der Waals surface area contributed by atoms with E-state index in [9.17, 15) is 9.59 Å². The van der Waals surface area contributed by atoms with Gasteiger partial charge in [-0.1, -0.05) is 30.3 Å². The lowest BCUT2D eigenvalue weighted by molar-refractivity contribution is -0.129. The Morgan fingerprint density at radius 1 is 1.03 bits per heavy atom. The molecule has 0 aliphatic rings. The molecule has 0 atom stereocenters. The summed E-state index contributed by atoms with van der Waals surface area (Å²) >= 11 is 0. The zero-order chi connectivity index (χ0) is 20.4. The van der Waals surface area contributed by atoms with Gasteiger partial charge in [0.05, 0.1) is 11.7 Å². The number of hydroxylamine groups is 1. The number of hydrogen-bond acceptors (Lipinski definition) is 4. The number of fused-ring (bicyclic) bond motifs is 3. The molecular formula is C22H20N4O3. The number of aryl methyl sites for hydroxylation is 2. The lowest BCUT2D eigenvalue weighted by atomic mass is 10.1. The van der Waals surface area contributed by atoms with Crippen LogP contribution in [-0.4, -0.2) is 26.6 Å². The molecule has 3 N–H and O–H groups in total. The highest BCUT2D eigenvalue weighted by atomic mass is 16.5. The van der Waals surface area contributed by atoms with Crippen molar-refractivity contribution in [2.24, 2.45) is 7.05 Å². The first-order chi connectivity index (χ1) is 14.1. The number of amides is 2. The van der Waals surface area contributed by atoms with Crippen molar-refractivity contribution in [1.82, 2.24) is 15.0 Å². The van der Waals surface area contributed by atoms with Gasteiger partial charge in [0.2, 0.25) is 5.91 Å². The van der Waals surface area contributed by atoms with E-state index in [0.717, 1.165) is 27.4 Å². The van der Waals surface area contributed by atoms with Crippen LogP contribution >= 0.6 is 0 Å². The molecular weight excluding hydrogens is 368 g/mol. The van der Waals surface area contributed by atoms with Crippen LogP contribution < -0.4 is 10.8 Å². The van der Waals surface area contributed by atoms with Gasteiger partial charge in [-0.25, -0.2) is 10.5 Å². The first kappa shape index (κ1) is 18.6. The second-order valence-electron chi connectivity index (χ2n) is 6.85. The summed E-state index contributed by atoms with van der Waals surface area (Å²) in [4.78, 5) is 28.1. The molecule has 146 valence electrons. The Labute approximate surface area is 166 Å². The lowest BCUT2D eigenvalue weighted by Crippen LogP contribution is -2.18. The van der Waals surface area contributed by atoms with Crippen molar-refractivity contribution < 1.29 is 14.8 Å². The number of nitrogens with one attached hydrogen (secondary N) is 2. The van der Waals surface area contributed by atoms with Gasteiger partial charge < -0.3 is 9.88 Å². The van der Waals surface area contributed by atoms with Crippen LogP contribution in [0.25, 0.3) is 21.8 Å². The Hall–Kier alpha value is -3.71. The molecule has 4 rings (SSSR count). The summed E-state index contributed by atoms with van der Waals surface area (Å²) < 4.78 is 2.06. The van der Waals surface area contributed by atoms with Crippen LogP contribution in [-0.2, 0) is 18.3 Å². The van der Waals surface area contributed by atoms with Gasteiger partial charge in [0, 0.05) is 35.4 Å². The highest BCUT2D eigenvalue weighted by Crippen LogP contribution is 2.28. The third-order valence-electron chi connectivity index (χ3n) is 5.01. The van der Waals surface area contributed by atoms with Crippen LogP contribution in [0.15, 0.2) is 60.8 Å². The second kappa shape index (κ2) is 7.73. The topological polar surface area (TPSA) is 96.2 Å². The summed E-state index contributed by atoms with van der Waals surface area (Å²) in [6.45, 7) is 0. The van der Waals surface area contributed by atoms with E-state index in [4.69, 9.17) is 5.21 Å². The number of carbonyl (C=O) groups excluding carboxylic acids is 2. The van der Waals surface area contributed by atoms with Crippen molar-refractivity contribution in [2.45, 2.75) is 12.8 Å². The number of rotatable bonds is 5. The summed E-state index contributed by atoms with van der Waals surface area (Å²) in [7, 11) is 1.98. The lowest BCUT2D eigenvalue weighted by Gasteiger charge is -2.07. The van der Waals surface area contributed by atoms with Crippen LogP contribution in [0, 0.1) is 0 Å². The van der Waals surface area contributed by atoms with Gasteiger partial charge in [-0.2, -0.15) is 0 Å². The van der Waals surface area contributed by atoms with Crippen molar-refractivity contribution in [1.29, 1.82) is 0 Å². The number of anilines is 1. The number of aromatic nitrogens is 2. The highest BCUT2D eigenvalue weighted by molar-refractivity contribution is 6.11. The van der Waals surface area contributed by atoms with Gasteiger partial charge in [-0.3, -0.25) is 14.8 Å². The van der Waals surface area contributed by atoms with Gasteiger partial charge in [-0.05, 0) is 36.2 Å². The Kier molecular flexibility index (Phi) is 4.97. The number of nitrogens with zero attached hydrogens (tertiary/aromatic N) is 2. The van der Waals surface area contributed by atoms with Crippen molar-refractivity contribution >= 4 is 39.3 Å². The first-order valence-electron chi connectivity index (χ1n) is 9.23. The molecule has 2 amide bonds. The fourth-order valence-electron chi connectivity index (χ4n) is 3.44. The predicted octanol–water partition coefficient (Wildman–Crippen LogP) is 3.42. The van der Waals surface area contributed by atoms with E-state index in [0.29, 0.717) is 17.8 Å². The summed E-state index contributed by atoms with van der Waals surface area (Å²) in [5.41, 5.74) is 5.59. The van der Waals surface area contributed by atoms with Gasteiger partial charge in [0.15, 0.2) is 0 Å². The maximum Gasteiger partial charge on any atom is 0.274 e. The van der Waals surface area contributed by atoms with Crippen molar-refractivity contribution in [3.63, 3.8) is 0 Å². The fourth-order valence-corrected chi connectivity index (χ4v) is 3.44. The van der Waals surface area contributed by atoms with Gasteiger partial charge in [-0.15, -0.1) is 0 Å². The quantitative estimate of drug-likeness (QED) is 0.361. The third kappa shape index (κ3) is 3.68. The zero-order valence-corrected chi connectivity index (χ0v) is 15.8. The Morgan fingerprint density at radius 2 is 1.79 bits per heavy atom. The minimum absolute atomic E-state index is 0.192. The molecule has 0 saturated heterocycles. The van der Waals surface area contributed by atoms with E-state index in [2.05, 4.69) is 14.9 Å². The third-order valence-corrected chi connectivity index (χ3v) is 5.01. The van der Waals surface area contributed by atoms with Crippen molar-refractivity contribution in [3.8, 4) is 0 Å². The Morgan fingerprint density at radius 3 is 2.55 bits per heavy atom. The van der Waals surface area contributed by atoms with Crippen LogP contribution in [0.2, 0.25) is 0 Å². The summed E-state index contributed by atoms with van der Waals surface area (Å²) in [5, 5.41) is 13.5. The molecule has 0 spiro atoms. The van der Waals surface area contributed by atoms with E-state index < -0.39 is 5.91 Å². The normalized spacial score (nSPS) is 11.0. The zero-order valence-electron chi connectivity index (χ0n) is 15.8. The number of carbonyl (C=O) groups is 2. The largest absolute Gasteiger partial charge is 0.342 e. The first-order valence-corrected chi connectivity index (χ1v) is 9.23. The van der Waals surface area contributed by atoms with Gasteiger partial charge >= 0.3 is 0 Å². The van der Waals surface area contributed by atoms with E-state index in [1.807, 2.05) is 49.5 Å². The molecule has 0 unspecified atom stereocenters. The molecule has 7 heteroatoms. The molecule has 0 saturated carbocycles. The molecule has 0 radical (unpaired) electrons. The minimum Gasteiger partial charge on any atom is -0.342 e. The molecule has 2 aromatic heterocycles. The van der Waals surface area contributed by atoms with E-state index in [1.165, 1.54) is 0 Å². The fraction of sp³-hybridized carbons (Fsp3) is 0.136. The van der Waals surface area contributed by atoms with Crippen LogP contribution in [0.5, 0.6) is 0 Å². The second-order valence-corrected chi connectivity index (χ2v) is 6.85. The standard InChI is InChI=1S/C22H20N4O3/c1-26-19-5-3-2-4-16(19)17-12-18(23-13-20(17)26)22(28)24-15-9-6-14(7-10-15)8-11-21(27)25-29/h2-7,9-10,12-13,29H,8,11H2,1H3,(H,24,28)(H,25,27). The average molecular weight is 388 g/mol. The molecule has 7 nitrogen and oxygen atoms in total. The molecule has 2 heterocycles. The van der Waals surface area contributed by atoms with Crippen molar-refractivity contribution in [2.75, 3.05) is 5.32 Å². The maximum atomic E-state index is 12.7. The number of para-hydroxylation sites is 1. The minimum atomic E-state index is -0.433. The molecule has 0 bridgehead atoms. The SMILES string of the molecule is Cn1c2ccccc2c2cc(C(=O)Nc3ccc(CCC(=O)NO)cc3)ncc21. The monoisotopic (exact) mass is 388 g/mol. The molecule has 4 aromatic rings. The number of benzene rings is 2. The van der Waals surface area contributed by atoms with E-state index >= 15 is 0 Å². The van der Waals surface area contributed by atoms with Gasteiger partial charge in [0.25, 0.3) is 5.91 Å². The smallest absolute Gasteiger partial charge is 0.274 e. The Balaban J connectivity index is 1.53. The van der Waals surface area contributed by atoms with Crippen LogP contribution in [0.4, 0.5) is 5.69 Å². The number of pyridine rings is 1. The molecule has 0 aliphatic carbocycles. The van der Waals surface area contributed by atoms with E-state index in [-0.39, 0.29) is 12.3 Å². The average Bonchev–Trinajstić information content (AvgIpc) is 3.05. The van der Waals surface area contributed by atoms with Crippen LogP contribution in [0.3, 0.4) is 0 Å². The highest BCUT2D eigenvalue weighted by Gasteiger charge is 2.13. The maximum absolute atomic E-state index is 12.7. The molecule has 0 aliphatic heterocycles. The molecule has 29 heavy (non-hydrogen) atoms. The summed E-state index contributed by atoms with van der Waals surface area (Å²) in [6, 6.07) is 17.1. The Bertz CT molecular complexity index is 1210. The molecule has 0 fully saturated rings. The summed E-state index contributed by atoms with van der Waals surface area (Å²) in [6.07, 6.45) is 2.41. The van der Waals surface area contributed by atoms with Gasteiger partial charge in [0.1, 0.15) is 5.69 Å². The predicted molar refractivity (Wildman–Crippen MR) is 111 cm³/mol. The molecule has 2 aromatic carbocycles. The summed E-state index contributed by atoms with van der Waals surface area (Å²) in [5.74, 6) is -0.718. The number of hydrogen-bond donors (Lipinski definition) is 3. The van der Waals surface area contributed by atoms with Crippen molar-refractivity contribution in [3.05, 3.63) is 72.1 Å². The van der Waals surface area contributed by atoms with E-state index in [1.54, 1.807) is 23.8 Å². The van der Waals surface area contributed by atoms with Crippen LogP contribution in [0.1, 0.15) is 22.5 Å².